The fourth-order valence-electron chi connectivity index (χ4n) is 3.45. The van der Waals surface area contributed by atoms with Crippen molar-refractivity contribution in [2.24, 2.45) is 5.92 Å². The Labute approximate surface area is 150 Å². The molecule has 0 radical (unpaired) electrons. The highest BCUT2D eigenvalue weighted by Crippen LogP contribution is 2.47. The SMILES string of the molecule is CCC[C@@H](C)[C@H]1O[C@@H]1C[C@@]1(C)O[C@@H]1COS(=O)(=O)c1ccc(C)cc1. The van der Waals surface area contributed by atoms with Crippen molar-refractivity contribution in [2.45, 2.75) is 75.8 Å². The van der Waals surface area contributed by atoms with Gasteiger partial charge in [0, 0.05) is 6.42 Å². The molecule has 2 heterocycles. The molecule has 0 N–H and O–H groups in total. The van der Waals surface area contributed by atoms with Crippen molar-refractivity contribution in [3.05, 3.63) is 29.8 Å². The maximum atomic E-state index is 12.2. The topological polar surface area (TPSA) is 68.4 Å². The van der Waals surface area contributed by atoms with Gasteiger partial charge in [-0.1, -0.05) is 38.0 Å². The van der Waals surface area contributed by atoms with Crippen LogP contribution >= 0.6 is 0 Å². The van der Waals surface area contributed by atoms with Gasteiger partial charge in [-0.15, -0.1) is 0 Å². The van der Waals surface area contributed by atoms with Crippen molar-refractivity contribution in [3.63, 3.8) is 0 Å². The van der Waals surface area contributed by atoms with Crippen molar-refractivity contribution < 1.29 is 22.1 Å². The quantitative estimate of drug-likeness (QED) is 0.493. The normalized spacial score (nSPS) is 32.4. The number of ether oxygens (including phenoxy) is 2. The lowest BCUT2D eigenvalue weighted by atomic mass is 9.94. The highest BCUT2D eigenvalue weighted by Gasteiger charge is 2.58. The summed E-state index contributed by atoms with van der Waals surface area (Å²) < 4.78 is 41.2. The summed E-state index contributed by atoms with van der Waals surface area (Å²) in [5.74, 6) is 0.564. The van der Waals surface area contributed by atoms with E-state index in [4.69, 9.17) is 13.7 Å². The van der Waals surface area contributed by atoms with E-state index in [1.165, 1.54) is 6.42 Å². The molecule has 0 aromatic heterocycles. The third-order valence-electron chi connectivity index (χ3n) is 5.25. The Morgan fingerprint density at radius 2 is 1.96 bits per heavy atom. The second-order valence-electron chi connectivity index (χ2n) is 7.58. The summed E-state index contributed by atoms with van der Waals surface area (Å²) in [6, 6.07) is 6.65. The molecule has 0 aliphatic carbocycles. The van der Waals surface area contributed by atoms with Gasteiger partial charge in [0.1, 0.15) is 6.10 Å². The lowest BCUT2D eigenvalue weighted by Crippen LogP contribution is -2.20. The predicted molar refractivity (Wildman–Crippen MR) is 94.9 cm³/mol. The minimum Gasteiger partial charge on any atom is -0.369 e. The van der Waals surface area contributed by atoms with E-state index < -0.39 is 10.1 Å². The molecule has 1 aromatic carbocycles. The van der Waals surface area contributed by atoms with E-state index in [9.17, 15) is 8.42 Å². The summed E-state index contributed by atoms with van der Waals surface area (Å²) in [7, 11) is -3.74. The van der Waals surface area contributed by atoms with E-state index >= 15 is 0 Å². The molecular weight excluding hydrogens is 340 g/mol. The van der Waals surface area contributed by atoms with Crippen molar-refractivity contribution in [2.75, 3.05) is 6.61 Å². The van der Waals surface area contributed by atoms with Crippen molar-refractivity contribution in [3.8, 4) is 0 Å². The Balaban J connectivity index is 1.47. The molecule has 0 bridgehead atoms. The zero-order valence-corrected chi connectivity index (χ0v) is 16.2. The molecule has 5 atom stereocenters. The van der Waals surface area contributed by atoms with Gasteiger partial charge < -0.3 is 9.47 Å². The van der Waals surface area contributed by atoms with E-state index in [-0.39, 0.29) is 29.3 Å². The Hall–Kier alpha value is -0.950. The lowest BCUT2D eigenvalue weighted by molar-refractivity contribution is 0.244. The van der Waals surface area contributed by atoms with Crippen LogP contribution < -0.4 is 0 Å². The van der Waals surface area contributed by atoms with Gasteiger partial charge >= 0.3 is 0 Å². The lowest BCUT2D eigenvalue weighted by Gasteiger charge is -2.08. The second-order valence-corrected chi connectivity index (χ2v) is 9.20. The molecule has 1 aromatic rings. The van der Waals surface area contributed by atoms with E-state index in [2.05, 4.69) is 13.8 Å². The summed E-state index contributed by atoms with van der Waals surface area (Å²) in [4.78, 5) is 0.180. The highest BCUT2D eigenvalue weighted by molar-refractivity contribution is 7.86. The third-order valence-corrected chi connectivity index (χ3v) is 6.55. The zero-order valence-electron chi connectivity index (χ0n) is 15.4. The Bertz CT molecular complexity index is 699. The smallest absolute Gasteiger partial charge is 0.297 e. The first-order chi connectivity index (χ1) is 11.7. The van der Waals surface area contributed by atoms with Crippen LogP contribution in [-0.2, 0) is 23.8 Å². The van der Waals surface area contributed by atoms with Gasteiger partial charge in [-0.25, -0.2) is 0 Å². The Morgan fingerprint density at radius 3 is 2.60 bits per heavy atom. The zero-order chi connectivity index (χ0) is 18.2. The molecule has 5 nitrogen and oxygen atoms in total. The molecule has 25 heavy (non-hydrogen) atoms. The number of rotatable bonds is 9. The molecule has 0 amide bonds. The fraction of sp³-hybridized carbons (Fsp3) is 0.684. The van der Waals surface area contributed by atoms with Crippen molar-refractivity contribution in [1.82, 2.24) is 0 Å². The first-order valence-electron chi connectivity index (χ1n) is 9.04. The van der Waals surface area contributed by atoms with Crippen LogP contribution in [0.1, 0.15) is 45.6 Å². The van der Waals surface area contributed by atoms with E-state index in [1.807, 2.05) is 13.8 Å². The maximum Gasteiger partial charge on any atom is 0.297 e. The number of hydrogen-bond acceptors (Lipinski definition) is 5. The van der Waals surface area contributed by atoms with E-state index in [0.717, 1.165) is 18.4 Å². The molecule has 2 aliphatic heterocycles. The summed E-state index contributed by atoms with van der Waals surface area (Å²) >= 11 is 0. The number of aryl methyl sites for hydroxylation is 1. The minimum absolute atomic E-state index is 0.0502. The van der Waals surface area contributed by atoms with E-state index in [1.54, 1.807) is 24.3 Å². The molecule has 6 heteroatoms. The molecule has 2 aliphatic rings. The Morgan fingerprint density at radius 1 is 1.28 bits per heavy atom. The molecule has 140 valence electrons. The van der Waals surface area contributed by atoms with Gasteiger partial charge in [0.15, 0.2) is 0 Å². The average molecular weight is 368 g/mol. The third kappa shape index (κ3) is 4.42. The van der Waals surface area contributed by atoms with Gasteiger partial charge in [-0.3, -0.25) is 4.18 Å². The second kappa shape index (κ2) is 6.99. The molecular formula is C19H28O5S. The van der Waals surface area contributed by atoms with Gasteiger partial charge in [-0.05, 0) is 38.3 Å². The van der Waals surface area contributed by atoms with Gasteiger partial charge in [0.2, 0.25) is 0 Å². The average Bonchev–Trinajstić information content (AvgIpc) is 3.44. The van der Waals surface area contributed by atoms with Crippen LogP contribution in [0.15, 0.2) is 29.2 Å². The first kappa shape index (κ1) is 18.8. The minimum atomic E-state index is -3.74. The summed E-state index contributed by atoms with van der Waals surface area (Å²) in [5, 5.41) is 0. The maximum absolute atomic E-state index is 12.2. The monoisotopic (exact) mass is 368 g/mol. The van der Waals surface area contributed by atoms with Gasteiger partial charge in [-0.2, -0.15) is 8.42 Å². The number of hydrogen-bond donors (Lipinski definition) is 0. The largest absolute Gasteiger partial charge is 0.369 e. The van der Waals surface area contributed by atoms with Crippen LogP contribution in [0.2, 0.25) is 0 Å². The molecule has 0 unspecified atom stereocenters. The van der Waals surface area contributed by atoms with Crippen LogP contribution in [-0.4, -0.2) is 38.9 Å². The molecule has 0 spiro atoms. The fourth-order valence-corrected chi connectivity index (χ4v) is 4.35. The molecule has 2 saturated heterocycles. The van der Waals surface area contributed by atoms with Crippen LogP contribution in [0.3, 0.4) is 0 Å². The summed E-state index contributed by atoms with van der Waals surface area (Å²) in [5.41, 5.74) is 0.669. The van der Waals surface area contributed by atoms with Crippen molar-refractivity contribution in [1.29, 1.82) is 0 Å². The standard InChI is InChI=1S/C19H28O5S/c1-5-6-14(3)18-16(23-18)11-19(4)17(24-19)12-22-25(20,21)15-9-7-13(2)8-10-15/h7-10,14,16-18H,5-6,11-12H2,1-4H3/t14-,16-,17-,18-,19-/m1/s1. The van der Waals surface area contributed by atoms with Crippen LogP contribution in [0.5, 0.6) is 0 Å². The summed E-state index contributed by atoms with van der Waals surface area (Å²) in [6.45, 7) is 8.37. The predicted octanol–water partition coefficient (Wildman–Crippen LogP) is 3.45. The highest BCUT2D eigenvalue weighted by atomic mass is 32.2. The van der Waals surface area contributed by atoms with Crippen molar-refractivity contribution >= 4 is 10.1 Å². The van der Waals surface area contributed by atoms with Gasteiger partial charge in [0.05, 0.1) is 29.3 Å². The first-order valence-corrected chi connectivity index (χ1v) is 10.5. The van der Waals surface area contributed by atoms with Crippen LogP contribution in [0.4, 0.5) is 0 Å². The van der Waals surface area contributed by atoms with Crippen LogP contribution in [0.25, 0.3) is 0 Å². The number of benzene rings is 1. The molecule has 0 saturated carbocycles. The van der Waals surface area contributed by atoms with Gasteiger partial charge in [0.25, 0.3) is 10.1 Å². The summed E-state index contributed by atoms with van der Waals surface area (Å²) in [6.07, 6.45) is 3.47. The Kier molecular flexibility index (Phi) is 5.26. The molecule has 3 rings (SSSR count). The number of epoxide rings is 2. The van der Waals surface area contributed by atoms with E-state index in [0.29, 0.717) is 12.0 Å². The van der Waals surface area contributed by atoms with Crippen LogP contribution in [0, 0.1) is 12.8 Å². The molecule has 2 fully saturated rings.